The van der Waals surface area contributed by atoms with E-state index >= 15 is 0 Å². The molecule has 1 saturated heterocycles. The number of thioether (sulfide) groups is 1. The van der Waals surface area contributed by atoms with Crippen molar-refractivity contribution in [2.75, 3.05) is 25.4 Å². The van der Waals surface area contributed by atoms with Crippen molar-refractivity contribution < 1.29 is 48.5 Å². The molecule has 1 heterocycles. The van der Waals surface area contributed by atoms with Crippen molar-refractivity contribution in [3.8, 4) is 0 Å². The van der Waals surface area contributed by atoms with Crippen LogP contribution in [0.1, 0.15) is 52.9 Å². The normalized spacial score (nSPS) is 21.3. The van der Waals surface area contributed by atoms with Crippen LogP contribution in [-0.4, -0.2) is 82.2 Å². The number of nitrogens with one attached hydrogen (secondary N) is 2. The van der Waals surface area contributed by atoms with Crippen LogP contribution in [0.4, 0.5) is 0 Å². The molecule has 4 N–H and O–H groups in total. The second kappa shape index (κ2) is 13.4. The molecule has 0 radical (unpaired) electrons. The molecule has 1 unspecified atom stereocenters. The molecule has 13 heteroatoms. The number of aliphatic carboxylic acids is 2. The lowest BCUT2D eigenvalue weighted by molar-refractivity contribution is -0.313. The molecule has 2 amide bonds. The van der Waals surface area contributed by atoms with Gasteiger partial charge in [0.1, 0.15) is 11.9 Å². The van der Waals surface area contributed by atoms with Gasteiger partial charge in [-0.15, -0.1) is 0 Å². The van der Waals surface area contributed by atoms with Gasteiger partial charge in [-0.25, -0.2) is 0 Å². The Balaban J connectivity index is 2.31. The van der Waals surface area contributed by atoms with E-state index in [0.29, 0.717) is 0 Å². The highest BCUT2D eigenvalue weighted by Crippen LogP contribution is 2.36. The Morgan fingerprint density at radius 3 is 2.24 bits per heavy atom. The number of hydrogen-bond acceptors (Lipinski definition) is 9. The number of hydrogen-bond donors (Lipinski definition) is 4. The molecule has 1 aliphatic rings. The number of ketones is 1. The molecule has 0 spiro atoms. The molecule has 12 nitrogen and oxygen atoms in total. The summed E-state index contributed by atoms with van der Waals surface area (Å²) >= 11 is 0.870. The molecule has 1 rings (SSSR count). The number of carboxylic acids is 2. The highest BCUT2D eigenvalue weighted by Gasteiger charge is 2.48. The molecule has 192 valence electrons. The third-order valence-corrected chi connectivity index (χ3v) is 5.71. The van der Waals surface area contributed by atoms with E-state index in [-0.39, 0.29) is 57.0 Å². The van der Waals surface area contributed by atoms with Crippen LogP contribution in [0.3, 0.4) is 0 Å². The second-order valence-electron chi connectivity index (χ2n) is 8.70. The van der Waals surface area contributed by atoms with E-state index in [0.717, 1.165) is 11.8 Å². The molecule has 0 bridgehead atoms. The summed E-state index contributed by atoms with van der Waals surface area (Å²) in [5, 5.41) is 22.4. The highest BCUT2D eigenvalue weighted by atomic mass is 32.2. The predicted molar refractivity (Wildman–Crippen MR) is 120 cm³/mol. The van der Waals surface area contributed by atoms with Crippen molar-refractivity contribution in [2.45, 2.75) is 64.8 Å². The van der Waals surface area contributed by atoms with Crippen LogP contribution in [0, 0.1) is 5.41 Å². The molecule has 0 aromatic heterocycles. The van der Waals surface area contributed by atoms with E-state index in [4.69, 9.17) is 19.7 Å². The fourth-order valence-corrected chi connectivity index (χ4v) is 3.71. The van der Waals surface area contributed by atoms with E-state index in [9.17, 15) is 28.8 Å². The highest BCUT2D eigenvalue weighted by molar-refractivity contribution is 8.13. The molecule has 1 aliphatic heterocycles. The van der Waals surface area contributed by atoms with E-state index in [1.165, 1.54) is 6.92 Å². The minimum Gasteiger partial charge on any atom is -0.481 e. The molecule has 34 heavy (non-hydrogen) atoms. The van der Waals surface area contributed by atoms with Gasteiger partial charge in [0.2, 0.25) is 11.8 Å². The van der Waals surface area contributed by atoms with Crippen LogP contribution in [-0.2, 0) is 38.2 Å². The number of ether oxygens (including phenoxy) is 2. The van der Waals surface area contributed by atoms with Gasteiger partial charge in [0.25, 0.3) is 0 Å². The summed E-state index contributed by atoms with van der Waals surface area (Å²) in [6.45, 7) is 5.29. The first-order valence-electron chi connectivity index (χ1n) is 10.7. The van der Waals surface area contributed by atoms with Crippen LogP contribution >= 0.6 is 11.8 Å². The Labute approximate surface area is 201 Å². The zero-order valence-electron chi connectivity index (χ0n) is 19.5. The van der Waals surface area contributed by atoms with E-state index in [1.807, 2.05) is 0 Å². The summed E-state index contributed by atoms with van der Waals surface area (Å²) in [4.78, 5) is 69.1. The van der Waals surface area contributed by atoms with Crippen LogP contribution in [0.25, 0.3) is 0 Å². The topological polar surface area (TPSA) is 185 Å². The van der Waals surface area contributed by atoms with Gasteiger partial charge in [0.15, 0.2) is 10.9 Å². The Bertz CT molecular complexity index is 800. The summed E-state index contributed by atoms with van der Waals surface area (Å²) in [7, 11) is 0. The van der Waals surface area contributed by atoms with Gasteiger partial charge in [0.05, 0.1) is 25.9 Å². The number of rotatable bonds is 14. The first kappa shape index (κ1) is 29.5. The third-order valence-electron chi connectivity index (χ3n) is 4.83. The zero-order valence-corrected chi connectivity index (χ0v) is 20.3. The van der Waals surface area contributed by atoms with E-state index in [2.05, 4.69) is 10.6 Å². The lowest BCUT2D eigenvalue weighted by Gasteiger charge is -2.45. The van der Waals surface area contributed by atoms with Gasteiger partial charge in [-0.1, -0.05) is 25.6 Å². The average Bonchev–Trinajstić information content (AvgIpc) is 2.71. The van der Waals surface area contributed by atoms with E-state index in [1.54, 1.807) is 13.8 Å². The molecule has 2 atom stereocenters. The molecule has 1 fully saturated rings. The van der Waals surface area contributed by atoms with Crippen LogP contribution < -0.4 is 10.6 Å². The standard InChI is InChI=1S/C21H32N2O10S/c1-20(2)12-32-21(3,11-16(28)29)33-18(20)19(31)23-7-6-14(25)22-8-9-34-17(30)10-13(24)4-5-15(26)27/h18H,4-12H2,1-3H3,(H,22,25)(H,23,31)(H,26,27)(H,28,29)/t18-,21?/m0/s1. The first-order valence-corrected chi connectivity index (χ1v) is 11.7. The monoisotopic (exact) mass is 504 g/mol. The molecule has 0 aromatic rings. The molecule has 0 saturated carbocycles. The summed E-state index contributed by atoms with van der Waals surface area (Å²) in [6.07, 6.45) is -2.27. The van der Waals surface area contributed by atoms with Crippen molar-refractivity contribution in [3.63, 3.8) is 0 Å². The number of amides is 2. The van der Waals surface area contributed by atoms with Crippen molar-refractivity contribution in [3.05, 3.63) is 0 Å². The van der Waals surface area contributed by atoms with Crippen molar-refractivity contribution in [1.29, 1.82) is 0 Å². The second-order valence-corrected chi connectivity index (χ2v) is 9.85. The maximum atomic E-state index is 12.6. The van der Waals surface area contributed by atoms with Gasteiger partial charge < -0.3 is 30.3 Å². The molecule has 0 aliphatic carbocycles. The fraction of sp³-hybridized carbons (Fsp3) is 0.714. The van der Waals surface area contributed by atoms with Crippen molar-refractivity contribution in [2.24, 2.45) is 5.41 Å². The molecule has 0 aromatic carbocycles. The molecular formula is C21H32N2O10S. The van der Waals surface area contributed by atoms with E-state index < -0.39 is 52.5 Å². The largest absolute Gasteiger partial charge is 0.481 e. The fourth-order valence-electron chi connectivity index (χ4n) is 3.02. The van der Waals surface area contributed by atoms with Gasteiger partial charge in [0, 0.05) is 37.1 Å². The number of carbonyl (C=O) groups is 6. The number of carboxylic acid groups (broad SMARTS) is 2. The van der Waals surface area contributed by atoms with Crippen LogP contribution in [0.5, 0.6) is 0 Å². The summed E-state index contributed by atoms with van der Waals surface area (Å²) in [6, 6.07) is 0. The van der Waals surface area contributed by atoms with Gasteiger partial charge >= 0.3 is 11.9 Å². The first-order chi connectivity index (χ1) is 15.7. The van der Waals surface area contributed by atoms with Crippen LogP contribution in [0.15, 0.2) is 0 Å². The number of carbonyl (C=O) groups excluding carboxylic acids is 4. The average molecular weight is 505 g/mol. The van der Waals surface area contributed by atoms with Crippen molar-refractivity contribution >= 4 is 46.4 Å². The Kier molecular flexibility index (Phi) is 11.6. The zero-order chi connectivity index (χ0) is 25.9. The summed E-state index contributed by atoms with van der Waals surface area (Å²) < 4.78 is 11.2. The Morgan fingerprint density at radius 2 is 1.62 bits per heavy atom. The Morgan fingerprint density at radius 1 is 0.941 bits per heavy atom. The minimum absolute atomic E-state index is 0.0198. The Hall–Kier alpha value is -2.51. The summed E-state index contributed by atoms with van der Waals surface area (Å²) in [5.74, 6) is -4.69. The summed E-state index contributed by atoms with van der Waals surface area (Å²) in [5.41, 5.74) is -0.705. The maximum Gasteiger partial charge on any atom is 0.308 e. The quantitative estimate of drug-likeness (QED) is 0.189. The number of Topliss-reactive ketones (excluding diaryl/α,β-unsaturated/α-hetero) is 1. The molecular weight excluding hydrogens is 472 g/mol. The predicted octanol–water partition coefficient (Wildman–Crippen LogP) is 0.325. The van der Waals surface area contributed by atoms with Gasteiger partial charge in [-0.2, -0.15) is 0 Å². The smallest absolute Gasteiger partial charge is 0.308 e. The lowest BCUT2D eigenvalue weighted by atomic mass is 9.85. The van der Waals surface area contributed by atoms with Crippen LogP contribution in [0.2, 0.25) is 0 Å². The SMILES string of the molecule is CC1(CC(=O)O)OCC(C)(C)[C@H](C(=O)NCCC(=O)NCCSC(=O)CC(=O)CCC(=O)O)O1. The lowest BCUT2D eigenvalue weighted by Crippen LogP contribution is -2.58. The maximum absolute atomic E-state index is 12.6. The minimum atomic E-state index is -1.43. The van der Waals surface area contributed by atoms with Crippen molar-refractivity contribution in [1.82, 2.24) is 10.6 Å². The third kappa shape index (κ3) is 11.1. The van der Waals surface area contributed by atoms with Gasteiger partial charge in [-0.05, 0) is 6.92 Å². The van der Waals surface area contributed by atoms with Gasteiger partial charge in [-0.3, -0.25) is 28.8 Å².